The summed E-state index contributed by atoms with van der Waals surface area (Å²) in [4.78, 5) is 11.4. The van der Waals surface area contributed by atoms with E-state index < -0.39 is 5.60 Å². The molecule has 0 atom stereocenters. The van der Waals surface area contributed by atoms with Gasteiger partial charge in [-0.1, -0.05) is 0 Å². The molecule has 4 heteroatoms. The molecule has 0 aliphatic rings. The van der Waals surface area contributed by atoms with Gasteiger partial charge in [-0.15, -0.1) is 0 Å². The maximum Gasteiger partial charge on any atom is 0.408 e. The lowest BCUT2D eigenvalue weighted by atomic mass is 10.1. The molecule has 0 saturated heterocycles. The molecule has 84 valence electrons. The van der Waals surface area contributed by atoms with Crippen molar-refractivity contribution in [2.75, 3.05) is 13.6 Å². The molecule has 0 aromatic heterocycles. The molecule has 0 rings (SSSR count). The summed E-state index contributed by atoms with van der Waals surface area (Å²) >= 11 is 0. The maximum absolute atomic E-state index is 11.4. The number of rotatable bonds is 3. The molecule has 14 heavy (non-hydrogen) atoms. The largest absolute Gasteiger partial charge is 0.444 e. The first-order valence-corrected chi connectivity index (χ1v) is 4.82. The smallest absolute Gasteiger partial charge is 0.408 e. The number of alkyl carbamates (subject to hydrolysis) is 1. The van der Waals surface area contributed by atoms with Gasteiger partial charge in [0.2, 0.25) is 0 Å². The van der Waals surface area contributed by atoms with E-state index in [2.05, 4.69) is 10.6 Å². The summed E-state index contributed by atoms with van der Waals surface area (Å²) in [5.41, 5.74) is -0.739. The number of carbonyl (C=O) groups excluding carboxylic acids is 1. The Bertz CT molecular complexity index is 195. The highest BCUT2D eigenvalue weighted by Gasteiger charge is 2.23. The molecule has 0 aliphatic carbocycles. The third-order valence-electron chi connectivity index (χ3n) is 1.46. The molecule has 0 spiro atoms. The Hall–Kier alpha value is -0.770. The van der Waals surface area contributed by atoms with E-state index in [4.69, 9.17) is 4.74 Å². The second kappa shape index (κ2) is 4.64. The fourth-order valence-electron chi connectivity index (χ4n) is 1.07. The van der Waals surface area contributed by atoms with E-state index in [0.717, 1.165) is 0 Å². The number of hydrogen-bond acceptors (Lipinski definition) is 3. The average molecular weight is 202 g/mol. The first-order chi connectivity index (χ1) is 6.16. The summed E-state index contributed by atoms with van der Waals surface area (Å²) in [6.45, 7) is 10.1. The van der Waals surface area contributed by atoms with E-state index in [1.54, 1.807) is 0 Å². The predicted molar refractivity (Wildman–Crippen MR) is 57.4 cm³/mol. The quantitative estimate of drug-likeness (QED) is 0.729. The van der Waals surface area contributed by atoms with Crippen molar-refractivity contribution in [3.63, 3.8) is 0 Å². The fraction of sp³-hybridized carbons (Fsp3) is 0.900. The molecule has 0 unspecified atom stereocenters. The molecule has 0 bridgehead atoms. The van der Waals surface area contributed by atoms with Crippen LogP contribution in [0, 0.1) is 0 Å². The molecule has 4 nitrogen and oxygen atoms in total. The van der Waals surface area contributed by atoms with Crippen molar-refractivity contribution in [2.24, 2.45) is 0 Å². The summed E-state index contributed by atoms with van der Waals surface area (Å²) in [5, 5.41) is 5.80. The Morgan fingerprint density at radius 2 is 1.71 bits per heavy atom. The van der Waals surface area contributed by atoms with Gasteiger partial charge in [0.05, 0.1) is 5.54 Å². The standard InChI is InChI=1S/C10H22N2O2/c1-9(2,3)14-8(13)12-10(4,5)7-11-6/h11H,7H2,1-6H3,(H,12,13). The van der Waals surface area contributed by atoms with Crippen LogP contribution in [0.2, 0.25) is 0 Å². The molecule has 0 aromatic carbocycles. The van der Waals surface area contributed by atoms with Crippen LogP contribution in [0.4, 0.5) is 4.79 Å². The Balaban J connectivity index is 4.06. The number of ether oxygens (including phenoxy) is 1. The Kier molecular flexibility index (Phi) is 4.39. The van der Waals surface area contributed by atoms with Crippen LogP contribution in [-0.2, 0) is 4.74 Å². The molecule has 0 aliphatic heterocycles. The van der Waals surface area contributed by atoms with Crippen molar-refractivity contribution in [1.29, 1.82) is 0 Å². The van der Waals surface area contributed by atoms with Gasteiger partial charge in [-0.3, -0.25) is 0 Å². The molecule has 0 saturated carbocycles. The highest BCUT2D eigenvalue weighted by molar-refractivity contribution is 5.68. The normalized spacial score (nSPS) is 12.4. The number of carbonyl (C=O) groups is 1. The zero-order chi connectivity index (χ0) is 11.4. The van der Waals surface area contributed by atoms with E-state index in [0.29, 0.717) is 6.54 Å². The molecule has 2 N–H and O–H groups in total. The van der Waals surface area contributed by atoms with Crippen LogP contribution in [0.3, 0.4) is 0 Å². The summed E-state index contributed by atoms with van der Waals surface area (Å²) in [5.74, 6) is 0. The van der Waals surface area contributed by atoms with Gasteiger partial charge in [-0.2, -0.15) is 0 Å². The van der Waals surface area contributed by atoms with Crippen molar-refractivity contribution >= 4 is 6.09 Å². The molecular formula is C10H22N2O2. The van der Waals surface area contributed by atoms with E-state index in [1.807, 2.05) is 41.7 Å². The SMILES string of the molecule is CNCC(C)(C)NC(=O)OC(C)(C)C. The van der Waals surface area contributed by atoms with E-state index >= 15 is 0 Å². The monoisotopic (exact) mass is 202 g/mol. The van der Waals surface area contributed by atoms with E-state index in [-0.39, 0.29) is 11.6 Å². The van der Waals surface area contributed by atoms with Gasteiger partial charge in [-0.25, -0.2) is 4.79 Å². The lowest BCUT2D eigenvalue weighted by Gasteiger charge is -2.28. The van der Waals surface area contributed by atoms with Crippen molar-refractivity contribution in [1.82, 2.24) is 10.6 Å². The van der Waals surface area contributed by atoms with Crippen molar-refractivity contribution < 1.29 is 9.53 Å². The van der Waals surface area contributed by atoms with Crippen LogP contribution < -0.4 is 10.6 Å². The third-order valence-corrected chi connectivity index (χ3v) is 1.46. The lowest BCUT2D eigenvalue weighted by molar-refractivity contribution is 0.0473. The van der Waals surface area contributed by atoms with Gasteiger partial charge in [-0.05, 0) is 41.7 Å². The molecule has 0 fully saturated rings. The van der Waals surface area contributed by atoms with Crippen LogP contribution >= 0.6 is 0 Å². The summed E-state index contributed by atoms with van der Waals surface area (Å²) in [7, 11) is 1.85. The number of likely N-dealkylation sites (N-methyl/N-ethyl adjacent to an activating group) is 1. The maximum atomic E-state index is 11.4. The zero-order valence-electron chi connectivity index (χ0n) is 10.0. The summed E-state index contributed by atoms with van der Waals surface area (Å²) < 4.78 is 5.14. The topological polar surface area (TPSA) is 50.4 Å². The number of hydrogen-bond donors (Lipinski definition) is 2. The minimum Gasteiger partial charge on any atom is -0.444 e. The number of nitrogens with one attached hydrogen (secondary N) is 2. The van der Waals surface area contributed by atoms with Gasteiger partial charge in [0.15, 0.2) is 0 Å². The van der Waals surface area contributed by atoms with Gasteiger partial charge in [0.25, 0.3) is 0 Å². The second-order valence-electron chi connectivity index (χ2n) is 5.04. The van der Waals surface area contributed by atoms with Crippen LogP contribution in [0.5, 0.6) is 0 Å². The van der Waals surface area contributed by atoms with Gasteiger partial charge >= 0.3 is 6.09 Å². The first kappa shape index (κ1) is 13.2. The van der Waals surface area contributed by atoms with Crippen LogP contribution in [0.25, 0.3) is 0 Å². The summed E-state index contributed by atoms with van der Waals surface area (Å²) in [6, 6.07) is 0. The van der Waals surface area contributed by atoms with Crippen LogP contribution in [0.15, 0.2) is 0 Å². The van der Waals surface area contributed by atoms with Gasteiger partial charge in [0.1, 0.15) is 5.60 Å². The van der Waals surface area contributed by atoms with Crippen molar-refractivity contribution in [2.45, 2.75) is 45.8 Å². The van der Waals surface area contributed by atoms with Crippen LogP contribution in [-0.4, -0.2) is 30.8 Å². The van der Waals surface area contributed by atoms with Crippen molar-refractivity contribution in [3.8, 4) is 0 Å². The molecular weight excluding hydrogens is 180 g/mol. The fourth-order valence-corrected chi connectivity index (χ4v) is 1.07. The molecule has 0 aromatic rings. The molecule has 1 amide bonds. The van der Waals surface area contributed by atoms with Crippen molar-refractivity contribution in [3.05, 3.63) is 0 Å². The molecule has 0 heterocycles. The van der Waals surface area contributed by atoms with Crippen LogP contribution in [0.1, 0.15) is 34.6 Å². The minimum atomic E-state index is -0.445. The Morgan fingerprint density at radius 1 is 1.21 bits per heavy atom. The summed E-state index contributed by atoms with van der Waals surface area (Å²) in [6.07, 6.45) is -0.377. The first-order valence-electron chi connectivity index (χ1n) is 4.82. The van der Waals surface area contributed by atoms with Gasteiger partial charge < -0.3 is 15.4 Å². The predicted octanol–water partition coefficient (Wildman–Crippen LogP) is 1.51. The number of amides is 1. The highest BCUT2D eigenvalue weighted by Crippen LogP contribution is 2.08. The Morgan fingerprint density at radius 3 is 2.07 bits per heavy atom. The Labute approximate surface area is 86.4 Å². The average Bonchev–Trinajstić information content (AvgIpc) is 1.78. The minimum absolute atomic E-state index is 0.295. The third kappa shape index (κ3) is 6.71. The highest BCUT2D eigenvalue weighted by atomic mass is 16.6. The lowest BCUT2D eigenvalue weighted by Crippen LogP contribution is -2.51. The molecule has 0 radical (unpaired) electrons. The second-order valence-corrected chi connectivity index (χ2v) is 5.04. The van der Waals surface area contributed by atoms with E-state index in [1.165, 1.54) is 0 Å². The van der Waals surface area contributed by atoms with Gasteiger partial charge in [0, 0.05) is 6.54 Å². The van der Waals surface area contributed by atoms with E-state index in [9.17, 15) is 4.79 Å². The zero-order valence-corrected chi connectivity index (χ0v) is 10.0.